The second-order valence-corrected chi connectivity index (χ2v) is 2.88. The predicted octanol–water partition coefficient (Wildman–Crippen LogP) is 2.25. The van der Waals surface area contributed by atoms with Crippen LogP contribution in [0, 0.1) is 15.9 Å². The molecule has 0 spiro atoms. The van der Waals surface area contributed by atoms with Crippen LogP contribution in [0.1, 0.15) is 11.1 Å². The van der Waals surface area contributed by atoms with Crippen molar-refractivity contribution in [3.05, 3.63) is 39.2 Å². The quantitative estimate of drug-likeness (QED) is 0.489. The van der Waals surface area contributed by atoms with E-state index in [9.17, 15) is 27.7 Å². The van der Waals surface area contributed by atoms with Crippen LogP contribution >= 0.6 is 0 Å². The standard InChI is InChI=1S/C8H5F4NO3/c9-7-4(3-14)1-5(13(15)16)2-6(7)8(10,11)12/h1-2,14H,3H2. The molecule has 0 aromatic heterocycles. The fourth-order valence-corrected chi connectivity index (χ4v) is 1.09. The van der Waals surface area contributed by atoms with Crippen LogP contribution in [0.25, 0.3) is 0 Å². The number of halogens is 4. The Morgan fingerprint density at radius 2 is 1.94 bits per heavy atom. The van der Waals surface area contributed by atoms with Crippen molar-refractivity contribution in [1.82, 2.24) is 0 Å². The molecule has 8 heteroatoms. The van der Waals surface area contributed by atoms with Crippen molar-refractivity contribution in [3.63, 3.8) is 0 Å². The van der Waals surface area contributed by atoms with Crippen molar-refractivity contribution in [1.29, 1.82) is 0 Å². The van der Waals surface area contributed by atoms with Gasteiger partial charge in [0.05, 0.1) is 17.1 Å². The van der Waals surface area contributed by atoms with Gasteiger partial charge in [0.25, 0.3) is 5.69 Å². The summed E-state index contributed by atoms with van der Waals surface area (Å²) >= 11 is 0. The van der Waals surface area contributed by atoms with E-state index in [0.717, 1.165) is 0 Å². The lowest BCUT2D eigenvalue weighted by Crippen LogP contribution is -2.11. The average molecular weight is 239 g/mol. The van der Waals surface area contributed by atoms with Gasteiger partial charge in [0, 0.05) is 17.7 Å². The second-order valence-electron chi connectivity index (χ2n) is 2.88. The Labute approximate surface area is 86.3 Å². The van der Waals surface area contributed by atoms with Gasteiger partial charge in [-0.3, -0.25) is 10.1 Å². The Bertz CT molecular complexity index is 430. The summed E-state index contributed by atoms with van der Waals surface area (Å²) < 4.78 is 49.9. The molecule has 0 aliphatic carbocycles. The van der Waals surface area contributed by atoms with Crippen LogP contribution in [0.5, 0.6) is 0 Å². The third kappa shape index (κ3) is 2.27. The minimum atomic E-state index is -5.04. The molecular weight excluding hydrogens is 234 g/mol. The molecule has 0 heterocycles. The van der Waals surface area contributed by atoms with Crippen molar-refractivity contribution in [3.8, 4) is 0 Å². The molecule has 0 atom stereocenters. The first kappa shape index (κ1) is 12.4. The molecule has 0 saturated carbocycles. The molecule has 1 rings (SSSR count). The Morgan fingerprint density at radius 1 is 1.38 bits per heavy atom. The predicted molar refractivity (Wildman–Crippen MR) is 44.0 cm³/mol. The molecule has 0 aliphatic heterocycles. The van der Waals surface area contributed by atoms with Crippen LogP contribution in [0.15, 0.2) is 12.1 Å². The van der Waals surface area contributed by atoms with Gasteiger partial charge >= 0.3 is 6.18 Å². The highest BCUT2D eigenvalue weighted by atomic mass is 19.4. The molecule has 1 aromatic rings. The van der Waals surface area contributed by atoms with Gasteiger partial charge in [0.2, 0.25) is 0 Å². The number of benzene rings is 1. The zero-order valence-electron chi connectivity index (χ0n) is 7.58. The van der Waals surface area contributed by atoms with E-state index in [1.807, 2.05) is 0 Å². The van der Waals surface area contributed by atoms with Gasteiger partial charge in [0.15, 0.2) is 0 Å². The fourth-order valence-electron chi connectivity index (χ4n) is 1.09. The number of hydrogen-bond acceptors (Lipinski definition) is 3. The van der Waals surface area contributed by atoms with Gasteiger partial charge in [0.1, 0.15) is 5.82 Å². The first-order chi connectivity index (χ1) is 7.27. The number of nitro benzene ring substituents is 1. The highest BCUT2D eigenvalue weighted by molar-refractivity contribution is 5.41. The van der Waals surface area contributed by atoms with Crippen LogP contribution < -0.4 is 0 Å². The van der Waals surface area contributed by atoms with Gasteiger partial charge in [-0.15, -0.1) is 0 Å². The average Bonchev–Trinajstić information content (AvgIpc) is 2.15. The topological polar surface area (TPSA) is 63.4 Å². The number of non-ortho nitro benzene ring substituents is 1. The number of aliphatic hydroxyl groups is 1. The number of nitro groups is 1. The van der Waals surface area contributed by atoms with Crippen molar-refractivity contribution < 1.29 is 27.6 Å². The molecule has 1 N–H and O–H groups in total. The highest BCUT2D eigenvalue weighted by Gasteiger charge is 2.37. The summed E-state index contributed by atoms with van der Waals surface area (Å²) in [6, 6.07) is 0.652. The number of alkyl halides is 3. The smallest absolute Gasteiger partial charge is 0.392 e. The maximum Gasteiger partial charge on any atom is 0.419 e. The van der Waals surface area contributed by atoms with Crippen LogP contribution in [-0.4, -0.2) is 10.0 Å². The maximum atomic E-state index is 13.1. The first-order valence-corrected chi connectivity index (χ1v) is 3.92. The van der Waals surface area contributed by atoms with Gasteiger partial charge in [-0.05, 0) is 0 Å². The van der Waals surface area contributed by atoms with Crippen molar-refractivity contribution in [2.24, 2.45) is 0 Å². The lowest BCUT2D eigenvalue weighted by Gasteiger charge is -2.09. The molecule has 4 nitrogen and oxygen atoms in total. The third-order valence-corrected chi connectivity index (χ3v) is 1.82. The van der Waals surface area contributed by atoms with E-state index in [1.165, 1.54) is 0 Å². The summed E-state index contributed by atoms with van der Waals surface area (Å²) in [5, 5.41) is 18.9. The van der Waals surface area contributed by atoms with E-state index < -0.39 is 40.3 Å². The Morgan fingerprint density at radius 3 is 2.31 bits per heavy atom. The lowest BCUT2D eigenvalue weighted by molar-refractivity contribution is -0.385. The summed E-state index contributed by atoms with van der Waals surface area (Å²) in [7, 11) is 0. The van der Waals surface area contributed by atoms with Crippen LogP contribution in [-0.2, 0) is 12.8 Å². The summed E-state index contributed by atoms with van der Waals surface area (Å²) in [6.07, 6.45) is -5.04. The van der Waals surface area contributed by atoms with E-state index in [1.54, 1.807) is 0 Å². The number of rotatable bonds is 2. The molecule has 0 bridgehead atoms. The summed E-state index contributed by atoms with van der Waals surface area (Å²) in [5.74, 6) is -1.69. The molecule has 0 amide bonds. The Hall–Kier alpha value is -1.70. The van der Waals surface area contributed by atoms with Gasteiger partial charge < -0.3 is 5.11 Å². The molecule has 88 valence electrons. The molecule has 0 radical (unpaired) electrons. The normalized spacial score (nSPS) is 11.6. The Kier molecular flexibility index (Phi) is 3.13. The molecule has 16 heavy (non-hydrogen) atoms. The number of nitrogens with zero attached hydrogens (tertiary/aromatic N) is 1. The monoisotopic (exact) mass is 239 g/mol. The van der Waals surface area contributed by atoms with E-state index >= 15 is 0 Å². The summed E-state index contributed by atoms with van der Waals surface area (Å²) in [6.45, 7) is -1.05. The summed E-state index contributed by atoms with van der Waals surface area (Å²) in [5.41, 5.74) is -3.44. The largest absolute Gasteiger partial charge is 0.419 e. The highest BCUT2D eigenvalue weighted by Crippen LogP contribution is 2.35. The Balaban J connectivity index is 3.48. The zero-order chi connectivity index (χ0) is 12.5. The zero-order valence-corrected chi connectivity index (χ0v) is 7.58. The van der Waals surface area contributed by atoms with E-state index in [0.29, 0.717) is 6.07 Å². The maximum absolute atomic E-state index is 13.1. The van der Waals surface area contributed by atoms with Crippen LogP contribution in [0.3, 0.4) is 0 Å². The van der Waals surface area contributed by atoms with Crippen molar-refractivity contribution in [2.45, 2.75) is 12.8 Å². The SMILES string of the molecule is O=[N+]([O-])c1cc(CO)c(F)c(C(F)(F)F)c1. The van der Waals surface area contributed by atoms with Crippen molar-refractivity contribution >= 4 is 5.69 Å². The molecule has 0 unspecified atom stereocenters. The molecule has 1 aromatic carbocycles. The minimum absolute atomic E-state index is 0.0918. The minimum Gasteiger partial charge on any atom is -0.392 e. The number of aliphatic hydroxyl groups excluding tert-OH is 1. The second kappa shape index (κ2) is 4.05. The van der Waals surface area contributed by atoms with E-state index in [-0.39, 0.29) is 6.07 Å². The van der Waals surface area contributed by atoms with Gasteiger partial charge in [-0.25, -0.2) is 4.39 Å². The lowest BCUT2D eigenvalue weighted by atomic mass is 10.1. The van der Waals surface area contributed by atoms with Gasteiger partial charge in [-0.1, -0.05) is 0 Å². The molecule has 0 saturated heterocycles. The van der Waals surface area contributed by atoms with E-state index in [2.05, 4.69) is 0 Å². The van der Waals surface area contributed by atoms with Crippen LogP contribution in [0.2, 0.25) is 0 Å². The first-order valence-electron chi connectivity index (χ1n) is 3.92. The van der Waals surface area contributed by atoms with Crippen molar-refractivity contribution in [2.75, 3.05) is 0 Å². The third-order valence-electron chi connectivity index (χ3n) is 1.82. The summed E-state index contributed by atoms with van der Waals surface area (Å²) in [4.78, 5) is 9.20. The number of hydrogen-bond donors (Lipinski definition) is 1. The van der Waals surface area contributed by atoms with Crippen LogP contribution in [0.4, 0.5) is 23.2 Å². The fraction of sp³-hybridized carbons (Fsp3) is 0.250. The molecular formula is C8H5F4NO3. The molecule has 0 fully saturated rings. The van der Waals surface area contributed by atoms with E-state index in [4.69, 9.17) is 5.11 Å². The molecule has 0 aliphatic rings. The van der Waals surface area contributed by atoms with Gasteiger partial charge in [-0.2, -0.15) is 13.2 Å².